The minimum absolute atomic E-state index is 0.222. The van der Waals surface area contributed by atoms with Gasteiger partial charge >= 0.3 is 0 Å². The Morgan fingerprint density at radius 1 is 1.25 bits per heavy atom. The minimum Gasteiger partial charge on any atom is -0.389 e. The van der Waals surface area contributed by atoms with E-state index in [1.807, 2.05) is 27.7 Å². The molecule has 1 saturated heterocycles. The van der Waals surface area contributed by atoms with E-state index >= 15 is 0 Å². The van der Waals surface area contributed by atoms with Gasteiger partial charge in [0.15, 0.2) is 0 Å². The summed E-state index contributed by atoms with van der Waals surface area (Å²) in [6, 6.07) is 0.520. The summed E-state index contributed by atoms with van der Waals surface area (Å²) >= 11 is 0. The lowest BCUT2D eigenvalue weighted by Crippen LogP contribution is -2.66. The molecule has 0 spiro atoms. The highest BCUT2D eigenvalue weighted by Crippen LogP contribution is 2.21. The molecule has 0 aliphatic carbocycles. The van der Waals surface area contributed by atoms with Crippen LogP contribution in [0.5, 0.6) is 0 Å². The lowest BCUT2D eigenvalue weighted by atomic mass is 9.85. The maximum absolute atomic E-state index is 9.83. The summed E-state index contributed by atoms with van der Waals surface area (Å²) in [6.45, 7) is 9.77. The van der Waals surface area contributed by atoms with Gasteiger partial charge in [-0.05, 0) is 27.7 Å². The molecule has 12 heavy (non-hydrogen) atoms. The summed E-state index contributed by atoms with van der Waals surface area (Å²) in [5.41, 5.74) is -0.900. The van der Waals surface area contributed by atoms with Crippen molar-refractivity contribution in [2.24, 2.45) is 0 Å². The molecule has 3 N–H and O–H groups in total. The molecule has 0 radical (unpaired) electrons. The van der Waals surface area contributed by atoms with Crippen molar-refractivity contribution >= 4 is 0 Å². The van der Waals surface area contributed by atoms with Crippen molar-refractivity contribution in [3.05, 3.63) is 0 Å². The van der Waals surface area contributed by atoms with Crippen LogP contribution in [0, 0.1) is 0 Å². The van der Waals surface area contributed by atoms with Crippen molar-refractivity contribution in [1.29, 1.82) is 0 Å². The Balaban J connectivity index is 2.46. The molecule has 0 aromatic carbocycles. The number of hydrogen-bond donors (Lipinski definition) is 3. The molecule has 72 valence electrons. The smallest absolute Gasteiger partial charge is 0.0767 e. The van der Waals surface area contributed by atoms with Gasteiger partial charge in [-0.1, -0.05) is 0 Å². The second-order valence-corrected chi connectivity index (χ2v) is 4.68. The van der Waals surface area contributed by atoms with E-state index in [4.69, 9.17) is 0 Å². The number of rotatable bonds is 3. The predicted octanol–water partition coefficient (Wildman–Crippen LogP) is 0.0973. The van der Waals surface area contributed by atoms with Crippen LogP contribution in [0.4, 0.5) is 0 Å². The SMILES string of the molecule is CC(C)(O)C(C)(C)NC1CNC1. The van der Waals surface area contributed by atoms with Crippen molar-refractivity contribution in [3.63, 3.8) is 0 Å². The first-order chi connectivity index (χ1) is 5.33. The first-order valence-electron chi connectivity index (χ1n) is 4.54. The lowest BCUT2D eigenvalue weighted by Gasteiger charge is -2.43. The van der Waals surface area contributed by atoms with E-state index in [1.54, 1.807) is 0 Å². The van der Waals surface area contributed by atoms with Crippen molar-refractivity contribution in [3.8, 4) is 0 Å². The van der Waals surface area contributed by atoms with Gasteiger partial charge in [-0.25, -0.2) is 0 Å². The van der Waals surface area contributed by atoms with Gasteiger partial charge in [0.05, 0.1) is 5.60 Å². The highest BCUT2D eigenvalue weighted by molar-refractivity contribution is 4.98. The van der Waals surface area contributed by atoms with E-state index < -0.39 is 5.60 Å². The fourth-order valence-electron chi connectivity index (χ4n) is 1.08. The van der Waals surface area contributed by atoms with E-state index in [1.165, 1.54) is 0 Å². The minimum atomic E-state index is -0.678. The van der Waals surface area contributed by atoms with Gasteiger partial charge in [-0.2, -0.15) is 0 Å². The highest BCUT2D eigenvalue weighted by atomic mass is 16.3. The Bertz CT molecular complexity index is 156. The van der Waals surface area contributed by atoms with Gasteiger partial charge in [0, 0.05) is 24.7 Å². The molecule has 0 atom stereocenters. The zero-order valence-corrected chi connectivity index (χ0v) is 8.44. The van der Waals surface area contributed by atoms with E-state index in [2.05, 4.69) is 10.6 Å². The van der Waals surface area contributed by atoms with E-state index in [9.17, 15) is 5.11 Å². The van der Waals surface area contributed by atoms with Crippen LogP contribution >= 0.6 is 0 Å². The second kappa shape index (κ2) is 2.98. The molecule has 1 rings (SSSR count). The third kappa shape index (κ3) is 1.97. The molecule has 0 aromatic rings. The molecule has 1 fully saturated rings. The average Bonchev–Trinajstić information content (AvgIpc) is 1.76. The molecule has 3 nitrogen and oxygen atoms in total. The standard InChI is InChI=1S/C9H20N2O/c1-8(2,9(3,4)12)11-7-5-10-6-7/h7,10-12H,5-6H2,1-4H3. The molecule has 0 amide bonds. The lowest BCUT2D eigenvalue weighted by molar-refractivity contribution is -0.0130. The average molecular weight is 172 g/mol. The van der Waals surface area contributed by atoms with Gasteiger partial charge in [0.25, 0.3) is 0 Å². The third-order valence-electron chi connectivity index (χ3n) is 2.88. The first kappa shape index (κ1) is 9.96. The summed E-state index contributed by atoms with van der Waals surface area (Å²) in [6.07, 6.45) is 0. The molecule has 1 heterocycles. The second-order valence-electron chi connectivity index (χ2n) is 4.68. The molecule has 1 aliphatic heterocycles. The maximum Gasteiger partial charge on any atom is 0.0767 e. The Kier molecular flexibility index (Phi) is 2.47. The zero-order chi connectivity index (χ0) is 9.41. The summed E-state index contributed by atoms with van der Waals surface area (Å²) < 4.78 is 0. The Hall–Kier alpha value is -0.120. The van der Waals surface area contributed by atoms with Crippen LogP contribution in [0.3, 0.4) is 0 Å². The van der Waals surface area contributed by atoms with Crippen LogP contribution in [0.2, 0.25) is 0 Å². The fourth-order valence-corrected chi connectivity index (χ4v) is 1.08. The summed E-state index contributed by atoms with van der Waals surface area (Å²) in [5.74, 6) is 0. The van der Waals surface area contributed by atoms with Crippen LogP contribution in [-0.2, 0) is 0 Å². The molecule has 0 bridgehead atoms. The zero-order valence-electron chi connectivity index (χ0n) is 8.44. The Morgan fingerprint density at radius 3 is 2.00 bits per heavy atom. The number of hydrogen-bond acceptors (Lipinski definition) is 3. The Morgan fingerprint density at radius 2 is 1.75 bits per heavy atom. The third-order valence-corrected chi connectivity index (χ3v) is 2.88. The molecule has 0 saturated carbocycles. The molecular weight excluding hydrogens is 152 g/mol. The van der Waals surface area contributed by atoms with E-state index in [0.717, 1.165) is 13.1 Å². The van der Waals surface area contributed by atoms with Gasteiger partial charge in [-0.3, -0.25) is 0 Å². The van der Waals surface area contributed by atoms with Gasteiger partial charge in [-0.15, -0.1) is 0 Å². The normalized spacial score (nSPS) is 20.8. The molecule has 0 unspecified atom stereocenters. The predicted molar refractivity (Wildman–Crippen MR) is 50.2 cm³/mol. The quantitative estimate of drug-likeness (QED) is 0.565. The number of nitrogens with one attached hydrogen (secondary N) is 2. The van der Waals surface area contributed by atoms with E-state index in [-0.39, 0.29) is 5.54 Å². The summed E-state index contributed by atoms with van der Waals surface area (Å²) in [4.78, 5) is 0. The molecule has 1 aliphatic rings. The summed E-state index contributed by atoms with van der Waals surface area (Å²) in [5, 5.41) is 16.4. The molecule has 3 heteroatoms. The van der Waals surface area contributed by atoms with Crippen molar-refractivity contribution in [2.45, 2.75) is 44.9 Å². The van der Waals surface area contributed by atoms with Crippen LogP contribution in [0.25, 0.3) is 0 Å². The summed E-state index contributed by atoms with van der Waals surface area (Å²) in [7, 11) is 0. The molecule has 0 aromatic heterocycles. The van der Waals surface area contributed by atoms with Crippen molar-refractivity contribution < 1.29 is 5.11 Å². The van der Waals surface area contributed by atoms with Crippen molar-refractivity contribution in [2.75, 3.05) is 13.1 Å². The van der Waals surface area contributed by atoms with Crippen LogP contribution in [0.1, 0.15) is 27.7 Å². The van der Waals surface area contributed by atoms with Crippen LogP contribution < -0.4 is 10.6 Å². The monoisotopic (exact) mass is 172 g/mol. The largest absolute Gasteiger partial charge is 0.389 e. The van der Waals surface area contributed by atoms with Gasteiger partial charge in [0.1, 0.15) is 0 Å². The number of aliphatic hydroxyl groups is 1. The van der Waals surface area contributed by atoms with E-state index in [0.29, 0.717) is 6.04 Å². The topological polar surface area (TPSA) is 44.3 Å². The fraction of sp³-hybridized carbons (Fsp3) is 1.00. The first-order valence-corrected chi connectivity index (χ1v) is 4.54. The molecular formula is C9H20N2O. The van der Waals surface area contributed by atoms with Crippen LogP contribution in [-0.4, -0.2) is 35.4 Å². The maximum atomic E-state index is 9.83. The van der Waals surface area contributed by atoms with Crippen molar-refractivity contribution in [1.82, 2.24) is 10.6 Å². The Labute approximate surface area is 74.5 Å². The van der Waals surface area contributed by atoms with Crippen LogP contribution in [0.15, 0.2) is 0 Å². The highest BCUT2D eigenvalue weighted by Gasteiger charge is 2.37. The van der Waals surface area contributed by atoms with Gasteiger partial charge in [0.2, 0.25) is 0 Å². The van der Waals surface area contributed by atoms with Gasteiger partial charge < -0.3 is 15.7 Å².